The van der Waals surface area contributed by atoms with E-state index in [1.807, 2.05) is 55.1 Å². The lowest BCUT2D eigenvalue weighted by Gasteiger charge is -2.11. The highest BCUT2D eigenvalue weighted by molar-refractivity contribution is 5.52. The Morgan fingerprint density at radius 3 is 2.42 bits per heavy atom. The summed E-state index contributed by atoms with van der Waals surface area (Å²) in [6.45, 7) is 4.50. The van der Waals surface area contributed by atoms with E-state index < -0.39 is 0 Å². The second-order valence-corrected chi connectivity index (χ2v) is 6.00. The normalized spacial score (nSPS) is 11.0. The molecular formula is C19H19N5O2. The second-order valence-electron chi connectivity index (χ2n) is 6.00. The highest BCUT2D eigenvalue weighted by Crippen LogP contribution is 2.23. The van der Waals surface area contributed by atoms with Crippen molar-refractivity contribution in [3.63, 3.8) is 0 Å². The first kappa shape index (κ1) is 16.1. The van der Waals surface area contributed by atoms with Gasteiger partial charge in [-0.2, -0.15) is 0 Å². The third-order valence-electron chi connectivity index (χ3n) is 4.42. The number of methoxy groups -OCH3 is 1. The predicted octanol–water partition coefficient (Wildman–Crippen LogP) is 3.40. The van der Waals surface area contributed by atoms with E-state index in [1.54, 1.807) is 19.5 Å². The highest BCUT2D eigenvalue weighted by Gasteiger charge is 2.16. The van der Waals surface area contributed by atoms with Gasteiger partial charge in [-0.05, 0) is 38.1 Å². The van der Waals surface area contributed by atoms with Crippen molar-refractivity contribution in [3.8, 4) is 23.1 Å². The fourth-order valence-corrected chi connectivity index (χ4v) is 2.96. The summed E-state index contributed by atoms with van der Waals surface area (Å²) in [5.74, 6) is 3.19. The highest BCUT2D eigenvalue weighted by atomic mass is 16.5. The van der Waals surface area contributed by atoms with E-state index in [0.717, 1.165) is 40.1 Å². The van der Waals surface area contributed by atoms with Gasteiger partial charge in [-0.15, -0.1) is 0 Å². The molecule has 1 aromatic carbocycles. The van der Waals surface area contributed by atoms with Crippen LogP contribution in [0.15, 0.2) is 53.6 Å². The first-order valence-corrected chi connectivity index (χ1v) is 8.28. The van der Waals surface area contributed by atoms with Gasteiger partial charge in [0, 0.05) is 36.0 Å². The average Bonchev–Trinajstić information content (AvgIpc) is 3.38. The van der Waals surface area contributed by atoms with Gasteiger partial charge in [0.25, 0.3) is 0 Å². The molecule has 0 amide bonds. The van der Waals surface area contributed by atoms with Gasteiger partial charge in [0.05, 0.1) is 19.3 Å². The van der Waals surface area contributed by atoms with Crippen molar-refractivity contribution in [1.82, 2.24) is 24.3 Å². The second kappa shape index (κ2) is 6.51. The summed E-state index contributed by atoms with van der Waals surface area (Å²) in [5, 5.41) is 4.03. The molecule has 3 heterocycles. The number of imidazole rings is 2. The fraction of sp³-hybridized carbons (Fsp3) is 0.211. The summed E-state index contributed by atoms with van der Waals surface area (Å²) in [6, 6.07) is 7.84. The summed E-state index contributed by atoms with van der Waals surface area (Å²) in [4.78, 5) is 9.04. The van der Waals surface area contributed by atoms with Crippen molar-refractivity contribution >= 4 is 0 Å². The first-order chi connectivity index (χ1) is 12.7. The Labute approximate surface area is 150 Å². The standard InChI is InChI=1S/C19H19N5O2/c1-13-17(14(2)26-22-13)12-23-10-8-20-18(23)19-21-9-11-24(19)15-4-6-16(25-3)7-5-15/h4-11H,12H2,1-3H3. The van der Waals surface area contributed by atoms with Crippen molar-refractivity contribution in [1.29, 1.82) is 0 Å². The quantitative estimate of drug-likeness (QED) is 0.552. The van der Waals surface area contributed by atoms with Crippen LogP contribution in [0, 0.1) is 13.8 Å². The zero-order valence-corrected chi connectivity index (χ0v) is 14.9. The van der Waals surface area contributed by atoms with E-state index in [1.165, 1.54) is 0 Å². The molecular weight excluding hydrogens is 330 g/mol. The van der Waals surface area contributed by atoms with Crippen LogP contribution in [0.3, 0.4) is 0 Å². The Morgan fingerprint density at radius 1 is 1.00 bits per heavy atom. The molecule has 0 fully saturated rings. The first-order valence-electron chi connectivity index (χ1n) is 8.28. The van der Waals surface area contributed by atoms with Crippen LogP contribution in [-0.4, -0.2) is 31.4 Å². The Hall–Kier alpha value is -3.35. The number of aromatic nitrogens is 5. The number of ether oxygens (including phenoxy) is 1. The Kier molecular flexibility index (Phi) is 4.04. The van der Waals surface area contributed by atoms with Gasteiger partial charge in [-0.25, -0.2) is 9.97 Å². The molecule has 26 heavy (non-hydrogen) atoms. The molecule has 0 saturated carbocycles. The van der Waals surface area contributed by atoms with Crippen LogP contribution in [0.4, 0.5) is 0 Å². The summed E-state index contributed by atoms with van der Waals surface area (Å²) in [7, 11) is 1.66. The maximum absolute atomic E-state index is 5.27. The van der Waals surface area contributed by atoms with E-state index in [2.05, 4.69) is 19.7 Å². The molecule has 0 N–H and O–H groups in total. The van der Waals surface area contributed by atoms with Crippen LogP contribution in [-0.2, 0) is 6.54 Å². The number of nitrogens with zero attached hydrogens (tertiary/aromatic N) is 5. The molecule has 0 spiro atoms. The van der Waals surface area contributed by atoms with Crippen molar-refractivity contribution in [2.45, 2.75) is 20.4 Å². The average molecular weight is 349 g/mol. The van der Waals surface area contributed by atoms with E-state index in [9.17, 15) is 0 Å². The van der Waals surface area contributed by atoms with E-state index in [-0.39, 0.29) is 0 Å². The summed E-state index contributed by atoms with van der Waals surface area (Å²) in [6.07, 6.45) is 7.41. The van der Waals surface area contributed by atoms with Crippen LogP contribution in [0.25, 0.3) is 17.3 Å². The third-order valence-corrected chi connectivity index (χ3v) is 4.42. The van der Waals surface area contributed by atoms with E-state index in [4.69, 9.17) is 9.26 Å². The minimum Gasteiger partial charge on any atom is -0.497 e. The van der Waals surface area contributed by atoms with Gasteiger partial charge in [0.1, 0.15) is 11.5 Å². The molecule has 4 aromatic rings. The van der Waals surface area contributed by atoms with Crippen LogP contribution in [0.2, 0.25) is 0 Å². The molecule has 7 heteroatoms. The third kappa shape index (κ3) is 2.77. The minimum absolute atomic E-state index is 0.631. The van der Waals surface area contributed by atoms with Crippen molar-refractivity contribution < 1.29 is 9.26 Å². The zero-order valence-electron chi connectivity index (χ0n) is 14.9. The number of hydrogen-bond acceptors (Lipinski definition) is 5. The van der Waals surface area contributed by atoms with Crippen LogP contribution in [0.5, 0.6) is 5.75 Å². The van der Waals surface area contributed by atoms with Crippen molar-refractivity contribution in [2.75, 3.05) is 7.11 Å². The molecule has 0 atom stereocenters. The van der Waals surface area contributed by atoms with Gasteiger partial charge >= 0.3 is 0 Å². The largest absolute Gasteiger partial charge is 0.497 e. The molecule has 0 aliphatic heterocycles. The van der Waals surface area contributed by atoms with Gasteiger partial charge in [0.15, 0.2) is 11.6 Å². The molecule has 0 saturated heterocycles. The number of aryl methyl sites for hydroxylation is 2. The maximum atomic E-state index is 5.27. The fourth-order valence-electron chi connectivity index (χ4n) is 2.96. The van der Waals surface area contributed by atoms with Crippen LogP contribution < -0.4 is 4.74 Å². The lowest BCUT2D eigenvalue weighted by atomic mass is 10.2. The number of benzene rings is 1. The molecule has 7 nitrogen and oxygen atoms in total. The minimum atomic E-state index is 0.631. The van der Waals surface area contributed by atoms with Crippen LogP contribution >= 0.6 is 0 Å². The topological polar surface area (TPSA) is 70.9 Å². The SMILES string of the molecule is COc1ccc(-n2ccnc2-c2nccn2Cc2c(C)noc2C)cc1. The molecule has 0 unspecified atom stereocenters. The van der Waals surface area contributed by atoms with Gasteiger partial charge in [0.2, 0.25) is 0 Å². The summed E-state index contributed by atoms with van der Waals surface area (Å²) in [5.41, 5.74) is 2.94. The predicted molar refractivity (Wildman–Crippen MR) is 96.4 cm³/mol. The molecule has 0 radical (unpaired) electrons. The maximum Gasteiger partial charge on any atom is 0.181 e. The van der Waals surface area contributed by atoms with Gasteiger partial charge in [-0.1, -0.05) is 5.16 Å². The molecule has 0 aliphatic carbocycles. The molecule has 4 rings (SSSR count). The van der Waals surface area contributed by atoms with Crippen molar-refractivity contribution in [3.05, 3.63) is 66.1 Å². The molecule has 132 valence electrons. The zero-order chi connectivity index (χ0) is 18.1. The van der Waals surface area contributed by atoms with E-state index >= 15 is 0 Å². The number of hydrogen-bond donors (Lipinski definition) is 0. The monoisotopic (exact) mass is 349 g/mol. The summed E-state index contributed by atoms with van der Waals surface area (Å²) >= 11 is 0. The van der Waals surface area contributed by atoms with Gasteiger partial charge in [-0.3, -0.25) is 4.57 Å². The van der Waals surface area contributed by atoms with Gasteiger partial charge < -0.3 is 13.8 Å². The number of rotatable bonds is 5. The van der Waals surface area contributed by atoms with Crippen LogP contribution in [0.1, 0.15) is 17.0 Å². The summed E-state index contributed by atoms with van der Waals surface area (Å²) < 4.78 is 14.6. The molecule has 0 aliphatic rings. The molecule has 0 bridgehead atoms. The Bertz CT molecular complexity index is 1010. The van der Waals surface area contributed by atoms with Crippen molar-refractivity contribution in [2.24, 2.45) is 0 Å². The lowest BCUT2D eigenvalue weighted by molar-refractivity contribution is 0.392. The molecule has 3 aromatic heterocycles. The Balaban J connectivity index is 1.72. The lowest BCUT2D eigenvalue weighted by Crippen LogP contribution is -2.06. The van der Waals surface area contributed by atoms with E-state index in [0.29, 0.717) is 6.54 Å². The Morgan fingerprint density at radius 2 is 1.73 bits per heavy atom. The smallest absolute Gasteiger partial charge is 0.181 e.